The first kappa shape index (κ1) is 19.1. The summed E-state index contributed by atoms with van der Waals surface area (Å²) in [4.78, 5) is 32.3. The number of hydrogen-bond acceptors (Lipinski definition) is 4. The van der Waals surface area contributed by atoms with E-state index in [2.05, 4.69) is 15.4 Å². The zero-order valence-electron chi connectivity index (χ0n) is 17.2. The first-order valence-electron chi connectivity index (χ1n) is 9.71. The Labute approximate surface area is 169 Å². The van der Waals surface area contributed by atoms with E-state index in [-0.39, 0.29) is 11.8 Å². The van der Waals surface area contributed by atoms with Crippen LogP contribution in [0.2, 0.25) is 0 Å². The van der Waals surface area contributed by atoms with Gasteiger partial charge < -0.3 is 10.2 Å². The van der Waals surface area contributed by atoms with Gasteiger partial charge >= 0.3 is 0 Å². The lowest BCUT2D eigenvalue weighted by Crippen LogP contribution is -2.65. The molecule has 1 fully saturated rings. The van der Waals surface area contributed by atoms with Crippen LogP contribution in [-0.4, -0.2) is 51.6 Å². The normalized spacial score (nSPS) is 15.2. The fraction of sp³-hybridized carbons (Fsp3) is 0.364. The van der Waals surface area contributed by atoms with Gasteiger partial charge in [-0.05, 0) is 31.9 Å². The average molecular weight is 391 g/mol. The summed E-state index contributed by atoms with van der Waals surface area (Å²) in [5.74, 6) is -0.108. The van der Waals surface area contributed by atoms with E-state index in [9.17, 15) is 9.59 Å². The van der Waals surface area contributed by atoms with Crippen molar-refractivity contribution in [2.75, 3.05) is 20.1 Å². The summed E-state index contributed by atoms with van der Waals surface area (Å²) >= 11 is 0. The molecule has 1 N–H and O–H groups in total. The number of pyridine rings is 1. The van der Waals surface area contributed by atoms with Crippen LogP contribution >= 0.6 is 0 Å². The molecule has 29 heavy (non-hydrogen) atoms. The highest BCUT2D eigenvalue weighted by molar-refractivity contribution is 6.07. The van der Waals surface area contributed by atoms with E-state index < -0.39 is 5.41 Å². The van der Waals surface area contributed by atoms with Crippen LogP contribution in [0.3, 0.4) is 0 Å². The molecule has 1 saturated heterocycles. The molecule has 0 bridgehead atoms. The van der Waals surface area contributed by atoms with Crippen molar-refractivity contribution < 1.29 is 9.59 Å². The molecule has 2 aromatic heterocycles. The highest BCUT2D eigenvalue weighted by Crippen LogP contribution is 2.36. The number of nitrogens with zero attached hydrogens (tertiary/aromatic N) is 4. The van der Waals surface area contributed by atoms with Crippen LogP contribution in [0.5, 0.6) is 0 Å². The Hall–Kier alpha value is -3.22. The second kappa shape index (κ2) is 6.99. The number of fused-ring (bicyclic) bond motifs is 1. The third-order valence-corrected chi connectivity index (χ3v) is 5.70. The highest BCUT2D eigenvalue weighted by Gasteiger charge is 2.50. The third-order valence-electron chi connectivity index (χ3n) is 5.70. The number of aryl methyl sites for hydroxylation is 3. The smallest absolute Gasteiger partial charge is 0.254 e. The van der Waals surface area contributed by atoms with Crippen LogP contribution in [0.1, 0.15) is 27.3 Å². The maximum Gasteiger partial charge on any atom is 0.254 e. The van der Waals surface area contributed by atoms with Crippen molar-refractivity contribution >= 4 is 22.8 Å². The third kappa shape index (κ3) is 3.16. The van der Waals surface area contributed by atoms with E-state index >= 15 is 0 Å². The zero-order valence-corrected chi connectivity index (χ0v) is 17.2. The van der Waals surface area contributed by atoms with Gasteiger partial charge in [0, 0.05) is 32.9 Å². The molecule has 0 aliphatic carbocycles. The number of carbonyl (C=O) groups excluding carboxylic acids is 2. The molecular formula is C22H25N5O2. The van der Waals surface area contributed by atoms with Gasteiger partial charge in [0.05, 0.1) is 22.1 Å². The maximum absolute atomic E-state index is 13.3. The van der Waals surface area contributed by atoms with Crippen LogP contribution in [0.25, 0.3) is 11.0 Å². The molecule has 1 aliphatic heterocycles. The molecule has 4 rings (SSSR count). The summed E-state index contributed by atoms with van der Waals surface area (Å²) in [6.07, 6.45) is 0.605. The monoisotopic (exact) mass is 391 g/mol. The van der Waals surface area contributed by atoms with Gasteiger partial charge in [-0.2, -0.15) is 5.10 Å². The standard InChI is InChI=1S/C22H25N5O2/c1-14-10-17(18-15(2)25-26(4)19(18)24-14)20(28)27-12-22(13-27,21(29)23-3)11-16-8-6-5-7-9-16/h5-10H,11-13H2,1-4H3,(H,23,29). The van der Waals surface area contributed by atoms with E-state index in [1.54, 1.807) is 16.6 Å². The SMILES string of the molecule is CNC(=O)C1(Cc2ccccc2)CN(C(=O)c2cc(C)nc3c2c(C)nn3C)C1. The summed E-state index contributed by atoms with van der Waals surface area (Å²) in [7, 11) is 3.48. The molecule has 0 radical (unpaired) electrons. The Bertz CT molecular complexity index is 1100. The Morgan fingerprint density at radius 3 is 2.52 bits per heavy atom. The zero-order chi connectivity index (χ0) is 20.8. The second-order valence-electron chi connectivity index (χ2n) is 7.90. The molecule has 0 atom stereocenters. The van der Waals surface area contributed by atoms with Gasteiger partial charge in [-0.3, -0.25) is 14.3 Å². The molecule has 7 nitrogen and oxygen atoms in total. The van der Waals surface area contributed by atoms with Gasteiger partial charge in [0.25, 0.3) is 5.91 Å². The molecule has 1 aromatic carbocycles. The molecule has 150 valence electrons. The summed E-state index contributed by atoms with van der Waals surface area (Å²) in [6.45, 7) is 4.54. The van der Waals surface area contributed by atoms with Gasteiger partial charge in [-0.1, -0.05) is 30.3 Å². The van der Waals surface area contributed by atoms with Crippen molar-refractivity contribution in [3.05, 3.63) is 58.9 Å². The van der Waals surface area contributed by atoms with Crippen LogP contribution in [-0.2, 0) is 18.3 Å². The minimum Gasteiger partial charge on any atom is -0.359 e. The molecule has 2 amide bonds. The molecule has 0 saturated carbocycles. The molecule has 7 heteroatoms. The predicted molar refractivity (Wildman–Crippen MR) is 111 cm³/mol. The van der Waals surface area contributed by atoms with Gasteiger partial charge in [-0.15, -0.1) is 0 Å². The summed E-state index contributed by atoms with van der Waals surface area (Å²) in [5, 5.41) is 7.98. The highest BCUT2D eigenvalue weighted by atomic mass is 16.2. The van der Waals surface area contributed by atoms with E-state index in [1.807, 2.05) is 57.3 Å². The van der Waals surface area contributed by atoms with Gasteiger partial charge in [0.2, 0.25) is 5.91 Å². The first-order chi connectivity index (χ1) is 13.8. The minimum absolute atomic E-state index is 0.0287. The number of benzene rings is 1. The van der Waals surface area contributed by atoms with E-state index in [4.69, 9.17) is 0 Å². The summed E-state index contributed by atoms with van der Waals surface area (Å²) < 4.78 is 1.70. The number of aromatic nitrogens is 3. The van der Waals surface area contributed by atoms with Crippen molar-refractivity contribution in [3.63, 3.8) is 0 Å². The van der Waals surface area contributed by atoms with Gasteiger partial charge in [-0.25, -0.2) is 4.98 Å². The largest absolute Gasteiger partial charge is 0.359 e. The van der Waals surface area contributed by atoms with Crippen molar-refractivity contribution in [3.8, 4) is 0 Å². The van der Waals surface area contributed by atoms with E-state index in [0.717, 1.165) is 22.3 Å². The van der Waals surface area contributed by atoms with Crippen molar-refractivity contribution in [2.45, 2.75) is 20.3 Å². The van der Waals surface area contributed by atoms with Crippen LogP contribution < -0.4 is 5.32 Å². The van der Waals surface area contributed by atoms with Crippen molar-refractivity contribution in [1.82, 2.24) is 25.0 Å². The molecule has 3 aromatic rings. The molecular weight excluding hydrogens is 366 g/mol. The fourth-order valence-corrected chi connectivity index (χ4v) is 4.32. The molecule has 1 aliphatic rings. The lowest BCUT2D eigenvalue weighted by molar-refractivity contribution is -0.138. The molecule has 0 spiro atoms. The Morgan fingerprint density at radius 1 is 1.17 bits per heavy atom. The second-order valence-corrected chi connectivity index (χ2v) is 7.90. The number of likely N-dealkylation sites (tertiary alicyclic amines) is 1. The number of nitrogens with one attached hydrogen (secondary N) is 1. The van der Waals surface area contributed by atoms with Crippen LogP contribution in [0.15, 0.2) is 36.4 Å². The lowest BCUT2D eigenvalue weighted by Gasteiger charge is -2.48. The summed E-state index contributed by atoms with van der Waals surface area (Å²) in [5.41, 5.74) is 3.34. The fourth-order valence-electron chi connectivity index (χ4n) is 4.32. The lowest BCUT2D eigenvalue weighted by atomic mass is 9.73. The number of rotatable bonds is 4. The quantitative estimate of drug-likeness (QED) is 0.738. The van der Waals surface area contributed by atoms with Gasteiger partial charge in [0.15, 0.2) is 5.65 Å². The Kier molecular flexibility index (Phi) is 4.61. The van der Waals surface area contributed by atoms with Crippen molar-refractivity contribution in [1.29, 1.82) is 0 Å². The Balaban J connectivity index is 1.64. The molecule has 0 unspecified atom stereocenters. The number of amides is 2. The van der Waals surface area contributed by atoms with Gasteiger partial charge in [0.1, 0.15) is 0 Å². The Morgan fingerprint density at radius 2 is 1.86 bits per heavy atom. The average Bonchev–Trinajstić information content (AvgIpc) is 2.97. The predicted octanol–water partition coefficient (Wildman–Crippen LogP) is 2.02. The summed E-state index contributed by atoms with van der Waals surface area (Å²) in [6, 6.07) is 11.7. The van der Waals surface area contributed by atoms with Crippen LogP contribution in [0.4, 0.5) is 0 Å². The van der Waals surface area contributed by atoms with E-state index in [0.29, 0.717) is 30.7 Å². The molecule has 3 heterocycles. The number of hydrogen-bond donors (Lipinski definition) is 1. The topological polar surface area (TPSA) is 80.1 Å². The number of carbonyl (C=O) groups is 2. The minimum atomic E-state index is -0.600. The van der Waals surface area contributed by atoms with Crippen molar-refractivity contribution in [2.24, 2.45) is 12.5 Å². The van der Waals surface area contributed by atoms with Crippen LogP contribution in [0, 0.1) is 19.3 Å². The maximum atomic E-state index is 13.3. The first-order valence-corrected chi connectivity index (χ1v) is 9.71. The van der Waals surface area contributed by atoms with E-state index in [1.165, 1.54) is 0 Å².